The number of hydrogen-bond donors (Lipinski definition) is 0. The van der Waals surface area contributed by atoms with Crippen LogP contribution in [0.2, 0.25) is 0 Å². The second-order valence-corrected chi connectivity index (χ2v) is 6.60. The summed E-state index contributed by atoms with van der Waals surface area (Å²) in [6, 6.07) is 10.9. The molecule has 0 bridgehead atoms. The van der Waals surface area contributed by atoms with E-state index in [2.05, 4.69) is 10.1 Å². The average molecular weight is 359 g/mol. The van der Waals surface area contributed by atoms with Gasteiger partial charge in [-0.25, -0.2) is 9.50 Å². The third kappa shape index (κ3) is 3.02. The van der Waals surface area contributed by atoms with E-state index in [0.717, 1.165) is 17.7 Å². The molecule has 0 aliphatic carbocycles. The van der Waals surface area contributed by atoms with Crippen LogP contribution < -0.4 is 0 Å². The van der Waals surface area contributed by atoms with Crippen LogP contribution in [-0.4, -0.2) is 14.6 Å². The Balaban J connectivity index is 1.80. The predicted octanol–water partition coefficient (Wildman–Crippen LogP) is 5.07. The van der Waals surface area contributed by atoms with Gasteiger partial charge in [-0.1, -0.05) is 18.2 Å². The van der Waals surface area contributed by atoms with E-state index in [0.29, 0.717) is 23.3 Å². The molecule has 0 unspecified atom stereocenters. The molecule has 0 fully saturated rings. The standard InChI is InChI=1S/C18H12F3N3S/c19-18(20,21)14-4-1-3-12(9-14)16-6-7-22-17-13(11-23-24(16)17)10-15-5-2-8-25-15/h1-9,11H,10H2. The number of thiophene rings is 1. The van der Waals surface area contributed by atoms with Gasteiger partial charge in [-0.15, -0.1) is 11.3 Å². The van der Waals surface area contributed by atoms with Crippen molar-refractivity contribution in [1.82, 2.24) is 14.6 Å². The number of hydrogen-bond acceptors (Lipinski definition) is 3. The molecule has 0 N–H and O–H groups in total. The van der Waals surface area contributed by atoms with Gasteiger partial charge in [-0.05, 0) is 29.6 Å². The van der Waals surface area contributed by atoms with Gasteiger partial charge in [0.05, 0.1) is 17.5 Å². The van der Waals surface area contributed by atoms with Crippen molar-refractivity contribution in [3.8, 4) is 11.3 Å². The number of fused-ring (bicyclic) bond motifs is 1. The van der Waals surface area contributed by atoms with Gasteiger partial charge >= 0.3 is 6.18 Å². The predicted molar refractivity (Wildman–Crippen MR) is 90.6 cm³/mol. The van der Waals surface area contributed by atoms with E-state index in [-0.39, 0.29) is 0 Å². The van der Waals surface area contributed by atoms with Crippen molar-refractivity contribution in [2.24, 2.45) is 0 Å². The van der Waals surface area contributed by atoms with E-state index in [1.165, 1.54) is 10.9 Å². The maximum absolute atomic E-state index is 13.0. The Morgan fingerprint density at radius 3 is 2.72 bits per heavy atom. The van der Waals surface area contributed by atoms with E-state index in [1.807, 2.05) is 17.5 Å². The second kappa shape index (κ2) is 6.00. The van der Waals surface area contributed by atoms with Crippen LogP contribution in [0.3, 0.4) is 0 Å². The Morgan fingerprint density at radius 2 is 1.96 bits per heavy atom. The van der Waals surface area contributed by atoms with Crippen LogP contribution in [0.5, 0.6) is 0 Å². The highest BCUT2D eigenvalue weighted by atomic mass is 32.1. The molecule has 0 saturated carbocycles. The van der Waals surface area contributed by atoms with Gasteiger partial charge in [0, 0.05) is 28.6 Å². The van der Waals surface area contributed by atoms with Gasteiger partial charge in [-0.3, -0.25) is 0 Å². The average Bonchev–Trinajstić information content (AvgIpc) is 3.25. The van der Waals surface area contributed by atoms with E-state index < -0.39 is 11.7 Å². The molecule has 0 amide bonds. The quantitative estimate of drug-likeness (QED) is 0.511. The summed E-state index contributed by atoms with van der Waals surface area (Å²) >= 11 is 1.65. The normalized spacial score (nSPS) is 12.0. The van der Waals surface area contributed by atoms with Gasteiger partial charge in [0.1, 0.15) is 0 Å². The van der Waals surface area contributed by atoms with E-state index >= 15 is 0 Å². The molecule has 0 spiro atoms. The summed E-state index contributed by atoms with van der Waals surface area (Å²) in [6.07, 6.45) is -0.361. The molecule has 4 aromatic rings. The molecule has 0 radical (unpaired) electrons. The number of benzene rings is 1. The Hall–Kier alpha value is -2.67. The highest BCUT2D eigenvalue weighted by molar-refractivity contribution is 7.09. The van der Waals surface area contributed by atoms with Gasteiger partial charge in [0.25, 0.3) is 0 Å². The van der Waals surface area contributed by atoms with Crippen LogP contribution >= 0.6 is 11.3 Å². The molecule has 25 heavy (non-hydrogen) atoms. The van der Waals surface area contributed by atoms with Crippen LogP contribution in [0.4, 0.5) is 13.2 Å². The summed E-state index contributed by atoms with van der Waals surface area (Å²) in [5.41, 5.74) is 1.95. The summed E-state index contributed by atoms with van der Waals surface area (Å²) in [5.74, 6) is 0. The zero-order valence-electron chi connectivity index (χ0n) is 12.9. The molecule has 1 aromatic carbocycles. The maximum Gasteiger partial charge on any atom is 0.416 e. The van der Waals surface area contributed by atoms with Crippen molar-refractivity contribution in [2.45, 2.75) is 12.6 Å². The first-order valence-corrected chi connectivity index (χ1v) is 8.42. The number of halogens is 3. The lowest BCUT2D eigenvalue weighted by molar-refractivity contribution is -0.137. The minimum absolute atomic E-state index is 0.452. The van der Waals surface area contributed by atoms with Gasteiger partial charge < -0.3 is 0 Å². The van der Waals surface area contributed by atoms with E-state index in [9.17, 15) is 13.2 Å². The molecule has 126 valence electrons. The van der Waals surface area contributed by atoms with Crippen LogP contribution in [0.15, 0.2) is 60.2 Å². The number of alkyl halides is 3. The van der Waals surface area contributed by atoms with E-state index in [1.54, 1.807) is 40.4 Å². The summed E-state index contributed by atoms with van der Waals surface area (Å²) in [5, 5.41) is 6.35. The lowest BCUT2D eigenvalue weighted by Crippen LogP contribution is -2.05. The number of rotatable bonds is 3. The zero-order chi connectivity index (χ0) is 17.4. The summed E-state index contributed by atoms with van der Waals surface area (Å²) in [4.78, 5) is 5.54. The first kappa shape index (κ1) is 15.8. The largest absolute Gasteiger partial charge is 0.416 e. The summed E-state index contributed by atoms with van der Waals surface area (Å²) < 4.78 is 40.5. The van der Waals surface area contributed by atoms with Crippen molar-refractivity contribution in [3.63, 3.8) is 0 Å². The Bertz CT molecular complexity index is 1020. The topological polar surface area (TPSA) is 30.2 Å². The van der Waals surface area contributed by atoms with Crippen LogP contribution in [0, 0.1) is 0 Å². The molecule has 0 saturated heterocycles. The van der Waals surface area contributed by atoms with Crippen LogP contribution in [0.1, 0.15) is 16.0 Å². The van der Waals surface area contributed by atoms with Crippen molar-refractivity contribution in [3.05, 3.63) is 76.2 Å². The fraction of sp³-hybridized carbons (Fsp3) is 0.111. The summed E-state index contributed by atoms with van der Waals surface area (Å²) in [7, 11) is 0. The number of aromatic nitrogens is 3. The third-order valence-electron chi connectivity index (χ3n) is 3.90. The number of nitrogens with zero attached hydrogens (tertiary/aromatic N) is 3. The third-order valence-corrected chi connectivity index (χ3v) is 4.78. The van der Waals surface area contributed by atoms with Gasteiger partial charge in [0.2, 0.25) is 0 Å². The fourth-order valence-corrected chi connectivity index (χ4v) is 3.47. The summed E-state index contributed by atoms with van der Waals surface area (Å²) in [6.45, 7) is 0. The molecular weight excluding hydrogens is 347 g/mol. The van der Waals surface area contributed by atoms with Crippen molar-refractivity contribution in [2.75, 3.05) is 0 Å². The molecule has 0 atom stereocenters. The Kier molecular flexibility index (Phi) is 3.80. The molecule has 3 nitrogen and oxygen atoms in total. The molecule has 3 aromatic heterocycles. The molecule has 0 aliphatic rings. The first-order chi connectivity index (χ1) is 12.0. The molecule has 4 rings (SSSR count). The minimum atomic E-state index is -4.38. The monoisotopic (exact) mass is 359 g/mol. The van der Waals surface area contributed by atoms with Crippen LogP contribution in [-0.2, 0) is 12.6 Å². The van der Waals surface area contributed by atoms with Gasteiger partial charge in [-0.2, -0.15) is 18.3 Å². The van der Waals surface area contributed by atoms with Crippen molar-refractivity contribution >= 4 is 17.0 Å². The smallest absolute Gasteiger partial charge is 0.237 e. The lowest BCUT2D eigenvalue weighted by atomic mass is 10.1. The SMILES string of the molecule is FC(F)(F)c1cccc(-c2ccnc3c(Cc4cccs4)cnn23)c1. The first-order valence-electron chi connectivity index (χ1n) is 7.54. The highest BCUT2D eigenvalue weighted by Gasteiger charge is 2.30. The molecule has 3 heterocycles. The maximum atomic E-state index is 13.0. The van der Waals surface area contributed by atoms with E-state index in [4.69, 9.17) is 0 Å². The van der Waals surface area contributed by atoms with Crippen LogP contribution in [0.25, 0.3) is 16.9 Å². The minimum Gasteiger partial charge on any atom is -0.237 e. The Morgan fingerprint density at radius 1 is 1.08 bits per heavy atom. The molecule has 0 aliphatic heterocycles. The second-order valence-electron chi connectivity index (χ2n) is 5.57. The molecular formula is C18H12F3N3S. The van der Waals surface area contributed by atoms with Gasteiger partial charge in [0.15, 0.2) is 5.65 Å². The lowest BCUT2D eigenvalue weighted by Gasteiger charge is -2.10. The highest BCUT2D eigenvalue weighted by Crippen LogP contribution is 2.32. The van der Waals surface area contributed by atoms with Crippen molar-refractivity contribution < 1.29 is 13.2 Å². The van der Waals surface area contributed by atoms with Crippen molar-refractivity contribution in [1.29, 1.82) is 0 Å². The zero-order valence-corrected chi connectivity index (χ0v) is 13.7. The Labute approximate surface area is 145 Å². The fourth-order valence-electron chi connectivity index (χ4n) is 2.74. The molecule has 7 heteroatoms.